The number of nitrogens with one attached hydrogen (secondary N) is 1. The van der Waals surface area contributed by atoms with Crippen molar-refractivity contribution in [2.45, 2.75) is 26.3 Å². The van der Waals surface area contributed by atoms with Gasteiger partial charge in [0.15, 0.2) is 0 Å². The average molecular weight is 320 g/mol. The smallest absolute Gasteiger partial charge is 0.229 e. The standard InChI is InChI=1S/C20H20N2O2/c1-15(23)22(14-16-7-3-2-4-8-16)20(24)12-11-17-13-21-19-10-6-5-9-18(17)19/h2-10,13,21H,11-12,14H2,1H3. The van der Waals surface area contributed by atoms with Crippen molar-refractivity contribution in [3.05, 3.63) is 71.9 Å². The number of aromatic nitrogens is 1. The van der Waals surface area contributed by atoms with E-state index in [0.717, 1.165) is 22.0 Å². The number of amides is 2. The second-order valence-electron chi connectivity index (χ2n) is 5.84. The summed E-state index contributed by atoms with van der Waals surface area (Å²) in [6.45, 7) is 1.76. The van der Waals surface area contributed by atoms with Crippen molar-refractivity contribution < 1.29 is 9.59 Å². The molecule has 0 aliphatic heterocycles. The first-order valence-electron chi connectivity index (χ1n) is 8.05. The van der Waals surface area contributed by atoms with Crippen LogP contribution in [0.2, 0.25) is 0 Å². The Balaban J connectivity index is 1.68. The van der Waals surface area contributed by atoms with E-state index in [1.807, 2.05) is 60.8 Å². The van der Waals surface area contributed by atoms with Crippen molar-refractivity contribution in [2.75, 3.05) is 0 Å². The molecular weight excluding hydrogens is 300 g/mol. The maximum absolute atomic E-state index is 12.5. The minimum absolute atomic E-state index is 0.142. The topological polar surface area (TPSA) is 53.2 Å². The van der Waals surface area contributed by atoms with Crippen LogP contribution in [0, 0.1) is 0 Å². The number of carbonyl (C=O) groups is 2. The number of H-pyrrole nitrogens is 1. The third-order valence-electron chi connectivity index (χ3n) is 4.15. The van der Waals surface area contributed by atoms with E-state index in [4.69, 9.17) is 0 Å². The van der Waals surface area contributed by atoms with Gasteiger partial charge in [-0.05, 0) is 23.6 Å². The molecule has 0 radical (unpaired) electrons. The van der Waals surface area contributed by atoms with Crippen LogP contribution in [-0.4, -0.2) is 21.7 Å². The molecule has 3 aromatic rings. The minimum atomic E-state index is -0.220. The van der Waals surface area contributed by atoms with E-state index in [2.05, 4.69) is 4.98 Å². The van der Waals surface area contributed by atoms with Crippen molar-refractivity contribution in [2.24, 2.45) is 0 Å². The number of hydrogen-bond acceptors (Lipinski definition) is 2. The quantitative estimate of drug-likeness (QED) is 0.780. The van der Waals surface area contributed by atoms with Gasteiger partial charge in [-0.15, -0.1) is 0 Å². The molecule has 0 saturated heterocycles. The Kier molecular flexibility index (Phi) is 4.75. The fourth-order valence-corrected chi connectivity index (χ4v) is 2.86. The van der Waals surface area contributed by atoms with E-state index in [-0.39, 0.29) is 11.8 Å². The molecule has 1 N–H and O–H groups in total. The molecule has 0 aliphatic carbocycles. The number of para-hydroxylation sites is 1. The number of benzene rings is 2. The zero-order valence-electron chi connectivity index (χ0n) is 13.7. The molecule has 0 bridgehead atoms. The molecule has 24 heavy (non-hydrogen) atoms. The number of carbonyl (C=O) groups excluding carboxylic acids is 2. The van der Waals surface area contributed by atoms with E-state index in [1.54, 1.807) is 0 Å². The van der Waals surface area contributed by atoms with Crippen LogP contribution in [0.3, 0.4) is 0 Å². The van der Waals surface area contributed by atoms with Crippen molar-refractivity contribution in [1.29, 1.82) is 0 Å². The lowest BCUT2D eigenvalue weighted by molar-refractivity contribution is -0.144. The summed E-state index contributed by atoms with van der Waals surface area (Å²) in [7, 11) is 0. The summed E-state index contributed by atoms with van der Waals surface area (Å²) in [6, 6.07) is 17.6. The third-order valence-corrected chi connectivity index (χ3v) is 4.15. The van der Waals surface area contributed by atoms with Crippen molar-refractivity contribution in [3.8, 4) is 0 Å². The summed E-state index contributed by atoms with van der Waals surface area (Å²) in [6.07, 6.45) is 2.86. The van der Waals surface area contributed by atoms with Crippen LogP contribution in [-0.2, 0) is 22.6 Å². The number of nitrogens with zero attached hydrogens (tertiary/aromatic N) is 1. The molecule has 1 aromatic heterocycles. The van der Waals surface area contributed by atoms with Crippen LogP contribution in [0.25, 0.3) is 10.9 Å². The summed E-state index contributed by atoms with van der Waals surface area (Å²) in [4.78, 5) is 28.9. The Hall–Kier alpha value is -2.88. The summed E-state index contributed by atoms with van der Waals surface area (Å²) in [5.74, 6) is -0.362. The number of fused-ring (bicyclic) bond motifs is 1. The second kappa shape index (κ2) is 7.13. The SMILES string of the molecule is CC(=O)N(Cc1ccccc1)C(=O)CCc1c[nH]c2ccccc12. The molecule has 0 atom stereocenters. The predicted octanol–water partition coefficient (Wildman–Crippen LogP) is 3.68. The average Bonchev–Trinajstić information content (AvgIpc) is 3.01. The van der Waals surface area contributed by atoms with Gasteiger partial charge in [0.25, 0.3) is 0 Å². The van der Waals surface area contributed by atoms with E-state index < -0.39 is 0 Å². The summed E-state index contributed by atoms with van der Waals surface area (Å²) in [5, 5.41) is 1.13. The Morgan fingerprint density at radius 3 is 2.46 bits per heavy atom. The first-order chi connectivity index (χ1) is 11.6. The Bertz CT molecular complexity index is 852. The molecule has 0 saturated carbocycles. The van der Waals surface area contributed by atoms with Crippen LogP contribution < -0.4 is 0 Å². The lowest BCUT2D eigenvalue weighted by Crippen LogP contribution is -2.34. The molecule has 2 aromatic carbocycles. The number of aryl methyl sites for hydroxylation is 1. The molecule has 4 heteroatoms. The minimum Gasteiger partial charge on any atom is -0.361 e. The molecular formula is C20H20N2O2. The highest BCUT2D eigenvalue weighted by Gasteiger charge is 2.18. The number of rotatable bonds is 5. The lowest BCUT2D eigenvalue weighted by Gasteiger charge is -2.19. The largest absolute Gasteiger partial charge is 0.361 e. The highest BCUT2D eigenvalue weighted by Crippen LogP contribution is 2.19. The molecule has 0 aliphatic rings. The van der Waals surface area contributed by atoms with Crippen LogP contribution in [0.1, 0.15) is 24.5 Å². The van der Waals surface area contributed by atoms with Gasteiger partial charge in [-0.2, -0.15) is 0 Å². The number of imide groups is 1. The van der Waals surface area contributed by atoms with Gasteiger partial charge < -0.3 is 4.98 Å². The predicted molar refractivity (Wildman–Crippen MR) is 94.3 cm³/mol. The maximum Gasteiger partial charge on any atom is 0.229 e. The lowest BCUT2D eigenvalue weighted by atomic mass is 10.1. The molecule has 4 nitrogen and oxygen atoms in total. The van der Waals surface area contributed by atoms with Gasteiger partial charge in [0, 0.05) is 30.4 Å². The van der Waals surface area contributed by atoms with E-state index >= 15 is 0 Å². The van der Waals surface area contributed by atoms with Gasteiger partial charge in [-0.3, -0.25) is 14.5 Å². The van der Waals surface area contributed by atoms with Crippen molar-refractivity contribution >= 4 is 22.7 Å². The normalized spacial score (nSPS) is 10.7. The Labute approximate surface area is 141 Å². The first kappa shape index (κ1) is 16.0. The fraction of sp³-hybridized carbons (Fsp3) is 0.200. The summed E-state index contributed by atoms with van der Waals surface area (Å²) >= 11 is 0. The second-order valence-corrected chi connectivity index (χ2v) is 5.84. The zero-order valence-corrected chi connectivity index (χ0v) is 13.7. The fourth-order valence-electron chi connectivity index (χ4n) is 2.86. The molecule has 2 amide bonds. The van der Waals surface area contributed by atoms with Crippen LogP contribution in [0.4, 0.5) is 0 Å². The zero-order chi connectivity index (χ0) is 16.9. The van der Waals surface area contributed by atoms with Crippen molar-refractivity contribution in [3.63, 3.8) is 0 Å². The highest BCUT2D eigenvalue weighted by atomic mass is 16.2. The molecule has 3 rings (SSSR count). The maximum atomic E-state index is 12.5. The van der Waals surface area contributed by atoms with Gasteiger partial charge in [-0.25, -0.2) is 0 Å². The molecule has 1 heterocycles. The number of hydrogen-bond donors (Lipinski definition) is 1. The van der Waals surface area contributed by atoms with Gasteiger partial charge in [0.1, 0.15) is 0 Å². The molecule has 0 fully saturated rings. The highest BCUT2D eigenvalue weighted by molar-refractivity contribution is 5.94. The van der Waals surface area contributed by atoms with Crippen LogP contribution in [0.15, 0.2) is 60.8 Å². The van der Waals surface area contributed by atoms with E-state index in [9.17, 15) is 9.59 Å². The monoisotopic (exact) mass is 320 g/mol. The summed E-state index contributed by atoms with van der Waals surface area (Å²) < 4.78 is 0. The van der Waals surface area contributed by atoms with E-state index in [0.29, 0.717) is 19.4 Å². The van der Waals surface area contributed by atoms with Gasteiger partial charge >= 0.3 is 0 Å². The van der Waals surface area contributed by atoms with Gasteiger partial charge in [0.2, 0.25) is 11.8 Å². The number of aromatic amines is 1. The van der Waals surface area contributed by atoms with Crippen LogP contribution >= 0.6 is 0 Å². The summed E-state index contributed by atoms with van der Waals surface area (Å²) in [5.41, 5.74) is 3.11. The molecule has 122 valence electrons. The van der Waals surface area contributed by atoms with E-state index in [1.165, 1.54) is 11.8 Å². The molecule has 0 spiro atoms. The Morgan fingerprint density at radius 1 is 1.00 bits per heavy atom. The van der Waals surface area contributed by atoms with Crippen LogP contribution in [0.5, 0.6) is 0 Å². The third kappa shape index (κ3) is 3.54. The molecule has 0 unspecified atom stereocenters. The Morgan fingerprint density at radius 2 is 1.71 bits per heavy atom. The van der Waals surface area contributed by atoms with Gasteiger partial charge in [0.05, 0.1) is 6.54 Å². The van der Waals surface area contributed by atoms with Crippen molar-refractivity contribution in [1.82, 2.24) is 9.88 Å². The van der Waals surface area contributed by atoms with Gasteiger partial charge in [-0.1, -0.05) is 48.5 Å². The first-order valence-corrected chi connectivity index (χ1v) is 8.05.